The summed E-state index contributed by atoms with van der Waals surface area (Å²) < 4.78 is 15.1. The Morgan fingerprint density at radius 1 is 1.12 bits per heavy atom. The minimum absolute atomic E-state index is 0.118. The Bertz CT molecular complexity index is 1340. The van der Waals surface area contributed by atoms with Crippen LogP contribution in [0, 0.1) is 17.3 Å². The highest BCUT2D eigenvalue weighted by atomic mass is 35.5. The molecule has 34 heavy (non-hydrogen) atoms. The molecule has 1 saturated heterocycles. The van der Waals surface area contributed by atoms with Gasteiger partial charge in [-0.2, -0.15) is 9.65 Å². The van der Waals surface area contributed by atoms with E-state index in [0.717, 1.165) is 31.7 Å². The van der Waals surface area contributed by atoms with Crippen LogP contribution < -0.4 is 15.1 Å². The number of nitriles is 1. The van der Waals surface area contributed by atoms with Gasteiger partial charge in [0.25, 0.3) is 0 Å². The van der Waals surface area contributed by atoms with E-state index in [1.54, 1.807) is 35.2 Å². The second kappa shape index (κ2) is 8.39. The molecule has 172 valence electrons. The maximum absolute atomic E-state index is 15.1. The molecule has 1 aromatic heterocycles. The maximum atomic E-state index is 15.1. The van der Waals surface area contributed by atoms with Crippen LogP contribution in [0.25, 0.3) is 11.1 Å². The lowest BCUT2D eigenvalue weighted by Crippen LogP contribution is -2.43. The highest BCUT2D eigenvalue weighted by molar-refractivity contribution is 6.32. The number of nitrogens with one attached hydrogen (secondary N) is 1. The minimum atomic E-state index is -0.823. The van der Waals surface area contributed by atoms with Crippen molar-refractivity contribution >= 4 is 34.7 Å². The number of aromatic nitrogens is 1. The number of hydrogen-bond donors (Lipinski definition) is 1. The Kier molecular flexibility index (Phi) is 5.51. The molecule has 0 aliphatic carbocycles. The molecule has 0 radical (unpaired) electrons. The van der Waals surface area contributed by atoms with Gasteiger partial charge < -0.3 is 10.2 Å². The van der Waals surface area contributed by atoms with Crippen molar-refractivity contribution in [1.82, 2.24) is 10.3 Å². The SMILES string of the molecule is CC1(C)C(=O)N(c2ccc(C#N)c(Cl)c2)c2ccc(-c3ccc(N4CCNCC4)nc3F)cc21. The van der Waals surface area contributed by atoms with Crippen LogP contribution in [0.1, 0.15) is 25.0 Å². The largest absolute Gasteiger partial charge is 0.354 e. The van der Waals surface area contributed by atoms with Gasteiger partial charge in [-0.1, -0.05) is 17.7 Å². The number of carbonyl (C=O) groups excluding carboxylic acids is 1. The average molecular weight is 476 g/mol. The number of fused-ring (bicyclic) bond motifs is 1. The van der Waals surface area contributed by atoms with E-state index in [9.17, 15) is 4.79 Å². The molecule has 0 bridgehead atoms. The van der Waals surface area contributed by atoms with Crippen LogP contribution in [-0.2, 0) is 10.2 Å². The lowest BCUT2D eigenvalue weighted by molar-refractivity contribution is -0.121. The second-order valence-electron chi connectivity index (χ2n) is 9.02. The number of pyridine rings is 1. The zero-order valence-electron chi connectivity index (χ0n) is 18.9. The third-order valence-corrected chi connectivity index (χ3v) is 6.88. The molecular weight excluding hydrogens is 453 g/mol. The summed E-state index contributed by atoms with van der Waals surface area (Å²) >= 11 is 6.23. The van der Waals surface area contributed by atoms with Crippen molar-refractivity contribution in [3.05, 3.63) is 70.6 Å². The number of nitrogens with zero attached hydrogens (tertiary/aromatic N) is 4. The molecule has 3 heterocycles. The zero-order chi connectivity index (χ0) is 24.0. The predicted octanol–water partition coefficient (Wildman–Crippen LogP) is 4.78. The monoisotopic (exact) mass is 475 g/mol. The van der Waals surface area contributed by atoms with Crippen molar-refractivity contribution in [3.8, 4) is 17.2 Å². The highest BCUT2D eigenvalue weighted by Gasteiger charge is 2.44. The summed E-state index contributed by atoms with van der Waals surface area (Å²) in [6.45, 7) is 6.97. The van der Waals surface area contributed by atoms with Gasteiger partial charge in [0, 0.05) is 31.7 Å². The molecule has 0 saturated carbocycles. The molecule has 1 N–H and O–H groups in total. The Morgan fingerprint density at radius 3 is 2.56 bits per heavy atom. The van der Waals surface area contributed by atoms with Gasteiger partial charge in [0.05, 0.1) is 27.4 Å². The van der Waals surface area contributed by atoms with E-state index >= 15 is 4.39 Å². The number of rotatable bonds is 3. The Balaban J connectivity index is 1.53. The van der Waals surface area contributed by atoms with Crippen molar-refractivity contribution < 1.29 is 9.18 Å². The van der Waals surface area contributed by atoms with E-state index in [0.29, 0.717) is 33.9 Å². The molecule has 1 fully saturated rings. The van der Waals surface area contributed by atoms with Gasteiger partial charge in [-0.15, -0.1) is 0 Å². The number of anilines is 3. The number of hydrogen-bond acceptors (Lipinski definition) is 5. The fourth-order valence-electron chi connectivity index (χ4n) is 4.60. The molecule has 6 nitrogen and oxygen atoms in total. The fraction of sp³-hybridized carbons (Fsp3) is 0.269. The van der Waals surface area contributed by atoms with E-state index in [1.165, 1.54) is 0 Å². The van der Waals surface area contributed by atoms with E-state index in [-0.39, 0.29) is 10.9 Å². The van der Waals surface area contributed by atoms with Crippen LogP contribution in [0.15, 0.2) is 48.5 Å². The first kappa shape index (κ1) is 22.3. The number of carbonyl (C=O) groups is 1. The molecular formula is C26H23ClFN5O. The van der Waals surface area contributed by atoms with Crippen molar-refractivity contribution in [2.75, 3.05) is 36.0 Å². The van der Waals surface area contributed by atoms with Crippen molar-refractivity contribution in [2.24, 2.45) is 0 Å². The summed E-state index contributed by atoms with van der Waals surface area (Å²) in [5.41, 5.74) is 2.67. The first-order valence-corrected chi connectivity index (χ1v) is 11.5. The third-order valence-electron chi connectivity index (χ3n) is 6.57. The normalized spacial score (nSPS) is 17.0. The van der Waals surface area contributed by atoms with Gasteiger partial charge in [0.1, 0.15) is 11.9 Å². The Morgan fingerprint density at radius 2 is 1.88 bits per heavy atom. The maximum Gasteiger partial charge on any atom is 0.241 e. The van der Waals surface area contributed by atoms with Gasteiger partial charge in [0.15, 0.2) is 0 Å². The summed E-state index contributed by atoms with van der Waals surface area (Å²) in [6, 6.07) is 16.1. The van der Waals surface area contributed by atoms with E-state index < -0.39 is 11.4 Å². The van der Waals surface area contributed by atoms with Gasteiger partial charge in [-0.25, -0.2) is 4.98 Å². The highest BCUT2D eigenvalue weighted by Crippen LogP contribution is 2.47. The first-order valence-electron chi connectivity index (χ1n) is 11.1. The van der Waals surface area contributed by atoms with Crippen molar-refractivity contribution in [3.63, 3.8) is 0 Å². The molecule has 0 unspecified atom stereocenters. The van der Waals surface area contributed by atoms with Crippen LogP contribution in [-0.4, -0.2) is 37.1 Å². The van der Waals surface area contributed by atoms with Crippen LogP contribution >= 0.6 is 11.6 Å². The summed E-state index contributed by atoms with van der Waals surface area (Å²) in [7, 11) is 0. The minimum Gasteiger partial charge on any atom is -0.354 e. The number of benzene rings is 2. The molecule has 2 aliphatic rings. The van der Waals surface area contributed by atoms with Crippen LogP contribution in [0.4, 0.5) is 21.6 Å². The molecule has 0 atom stereocenters. The standard InChI is InChI=1S/C26H23ClFN5O/c1-26(2)20-13-16(19-6-8-23(31-24(19)28)32-11-9-30-10-12-32)4-7-22(20)33(25(26)34)18-5-3-17(15-29)21(27)14-18/h3-8,13-14,30H,9-12H2,1-2H3. The molecule has 2 aromatic carbocycles. The van der Waals surface area contributed by atoms with Gasteiger partial charge in [-0.3, -0.25) is 9.69 Å². The van der Waals surface area contributed by atoms with Crippen molar-refractivity contribution in [1.29, 1.82) is 5.26 Å². The smallest absolute Gasteiger partial charge is 0.241 e. The number of amides is 1. The zero-order valence-corrected chi connectivity index (χ0v) is 19.7. The summed E-state index contributed by atoms with van der Waals surface area (Å²) in [5.74, 6) is -0.0230. The topological polar surface area (TPSA) is 72.3 Å². The van der Waals surface area contributed by atoms with Crippen LogP contribution in [0.5, 0.6) is 0 Å². The quantitative estimate of drug-likeness (QED) is 0.552. The van der Waals surface area contributed by atoms with Crippen molar-refractivity contribution in [2.45, 2.75) is 19.3 Å². The summed E-state index contributed by atoms with van der Waals surface area (Å²) in [4.78, 5) is 21.3. The van der Waals surface area contributed by atoms with Crippen LogP contribution in [0.3, 0.4) is 0 Å². The molecule has 1 amide bonds. The third kappa shape index (κ3) is 3.60. The lowest BCUT2D eigenvalue weighted by atomic mass is 9.85. The molecule has 5 rings (SSSR count). The molecule has 8 heteroatoms. The molecule has 3 aromatic rings. The van der Waals surface area contributed by atoms with E-state index in [4.69, 9.17) is 16.9 Å². The van der Waals surface area contributed by atoms with Gasteiger partial charge >= 0.3 is 0 Å². The second-order valence-corrected chi connectivity index (χ2v) is 9.43. The predicted molar refractivity (Wildman–Crippen MR) is 131 cm³/mol. The van der Waals surface area contributed by atoms with Gasteiger partial charge in [-0.05, 0) is 67.4 Å². The Hall–Kier alpha value is -3.47. The molecule has 2 aliphatic heterocycles. The Labute approximate surface area is 202 Å². The fourth-order valence-corrected chi connectivity index (χ4v) is 4.82. The van der Waals surface area contributed by atoms with E-state index in [1.807, 2.05) is 38.1 Å². The van der Waals surface area contributed by atoms with E-state index in [2.05, 4.69) is 15.2 Å². The summed E-state index contributed by atoms with van der Waals surface area (Å²) in [6.07, 6.45) is 0. The average Bonchev–Trinajstić information content (AvgIpc) is 3.04. The number of halogens is 2. The van der Waals surface area contributed by atoms with Crippen LogP contribution in [0.2, 0.25) is 5.02 Å². The summed E-state index contributed by atoms with van der Waals surface area (Å²) in [5, 5.41) is 12.7. The first-order chi connectivity index (χ1) is 16.3. The molecule has 0 spiro atoms. The van der Waals surface area contributed by atoms with Gasteiger partial charge in [0.2, 0.25) is 11.9 Å². The number of piperazine rings is 1. The lowest BCUT2D eigenvalue weighted by Gasteiger charge is -2.28.